The van der Waals surface area contributed by atoms with E-state index in [9.17, 15) is 19.6 Å². The fourth-order valence-corrected chi connectivity index (χ4v) is 1.96. The molecule has 10 nitrogen and oxygen atoms in total. The number of nitro groups is 1. The molecule has 1 rings (SSSR count). The van der Waals surface area contributed by atoms with E-state index in [0.717, 1.165) is 24.3 Å². The van der Waals surface area contributed by atoms with E-state index in [0.29, 0.717) is 0 Å². The van der Waals surface area contributed by atoms with E-state index in [-0.39, 0.29) is 11.3 Å². The van der Waals surface area contributed by atoms with Crippen LogP contribution in [0.2, 0.25) is 0 Å². The Kier molecular flexibility index (Phi) is 5.49. The molecule has 0 saturated heterocycles. The summed E-state index contributed by atoms with van der Waals surface area (Å²) in [6.45, 7) is 0. The van der Waals surface area contributed by atoms with E-state index in [1.807, 2.05) is 0 Å². The van der Waals surface area contributed by atoms with Crippen LogP contribution < -0.4 is 0 Å². The predicted octanol–water partition coefficient (Wildman–Crippen LogP) is 1.66. The molecule has 0 aromatic heterocycles. The first kappa shape index (κ1) is 15.6. The number of non-ortho nitro benzene ring substituents is 1. The molecule has 102 valence electrons. The van der Waals surface area contributed by atoms with Crippen LogP contribution in [0.25, 0.3) is 0 Å². The Morgan fingerprint density at radius 1 is 1.42 bits per heavy atom. The van der Waals surface area contributed by atoms with Crippen LogP contribution in [0, 0.1) is 15.0 Å². The van der Waals surface area contributed by atoms with Crippen molar-refractivity contribution in [2.24, 2.45) is 5.18 Å². The van der Waals surface area contributed by atoms with E-state index in [1.54, 1.807) is 0 Å². The standard InChI is InChI=1S/C7H6N2O8P2/c10-8-7(16-18-13,17-19(14)15)5-1-3-6(4-2-5)9(11)12/h1-4,13,18H/p+1. The summed E-state index contributed by atoms with van der Waals surface area (Å²) in [6, 6.07) is 4.15. The minimum absolute atomic E-state index is 0.174. The molecule has 0 saturated carbocycles. The third kappa shape index (κ3) is 3.77. The summed E-state index contributed by atoms with van der Waals surface area (Å²) < 4.78 is 19.6. The van der Waals surface area contributed by atoms with Crippen LogP contribution in [0.5, 0.6) is 0 Å². The smallest absolute Gasteiger partial charge is 0.352 e. The number of nitroso groups, excluding NO2 is 1. The molecule has 3 atom stereocenters. The van der Waals surface area contributed by atoms with Gasteiger partial charge in [-0.1, -0.05) is 0 Å². The number of nitrogens with zero attached hydrogens (tertiary/aromatic N) is 2. The second-order valence-corrected chi connectivity index (χ2v) is 4.04. The van der Waals surface area contributed by atoms with Crippen LogP contribution in [0.4, 0.5) is 5.69 Å². The number of benzene rings is 1. The number of nitro benzene ring substituents is 1. The summed E-state index contributed by atoms with van der Waals surface area (Å²) in [5.41, 5.74) is -0.449. The summed E-state index contributed by atoms with van der Waals surface area (Å²) in [7, 11) is -4.52. The molecule has 2 N–H and O–H groups in total. The van der Waals surface area contributed by atoms with Gasteiger partial charge in [-0.15, -0.1) is 9.80 Å². The lowest BCUT2D eigenvalue weighted by Crippen LogP contribution is -2.25. The van der Waals surface area contributed by atoms with E-state index >= 15 is 0 Å². The minimum Gasteiger partial charge on any atom is -0.352 e. The van der Waals surface area contributed by atoms with E-state index in [4.69, 9.17) is 9.79 Å². The highest BCUT2D eigenvalue weighted by atomic mass is 31.1. The largest absolute Gasteiger partial charge is 0.700 e. The van der Waals surface area contributed by atoms with E-state index in [1.165, 1.54) is 0 Å². The average Bonchev–Trinajstić information content (AvgIpc) is 2.37. The molecule has 0 fully saturated rings. The van der Waals surface area contributed by atoms with Crippen molar-refractivity contribution < 1.29 is 28.3 Å². The van der Waals surface area contributed by atoms with Gasteiger partial charge in [0.25, 0.3) is 5.69 Å². The second-order valence-electron chi connectivity index (χ2n) is 3.00. The summed E-state index contributed by atoms with van der Waals surface area (Å²) in [5, 5.41) is 12.9. The van der Waals surface area contributed by atoms with E-state index < -0.39 is 28.1 Å². The Morgan fingerprint density at radius 3 is 2.37 bits per heavy atom. The Hall–Kier alpha value is -1.41. The molecule has 0 heterocycles. The van der Waals surface area contributed by atoms with Crippen LogP contribution in [0.1, 0.15) is 5.56 Å². The minimum atomic E-state index is -3.26. The Bertz CT molecular complexity index is 494. The molecule has 0 aliphatic carbocycles. The van der Waals surface area contributed by atoms with Gasteiger partial charge in [0.1, 0.15) is 0 Å². The lowest BCUT2D eigenvalue weighted by atomic mass is 10.1. The van der Waals surface area contributed by atoms with Crippen molar-refractivity contribution >= 4 is 23.0 Å². The van der Waals surface area contributed by atoms with Gasteiger partial charge in [0.05, 0.1) is 4.92 Å². The van der Waals surface area contributed by atoms with Gasteiger partial charge in [0, 0.05) is 27.4 Å². The van der Waals surface area contributed by atoms with Gasteiger partial charge in [-0.05, 0) is 16.7 Å². The molecular formula is C7H7N2O8P2+. The van der Waals surface area contributed by atoms with Gasteiger partial charge < -0.3 is 4.89 Å². The van der Waals surface area contributed by atoms with Crippen molar-refractivity contribution in [3.63, 3.8) is 0 Å². The highest BCUT2D eigenvalue weighted by Crippen LogP contribution is 2.41. The summed E-state index contributed by atoms with van der Waals surface area (Å²) in [6.07, 6.45) is 0. The van der Waals surface area contributed by atoms with Crippen LogP contribution in [0.3, 0.4) is 0 Å². The first-order valence-electron chi connectivity index (χ1n) is 4.47. The lowest BCUT2D eigenvalue weighted by molar-refractivity contribution is -0.384. The van der Waals surface area contributed by atoms with Crippen LogP contribution >= 0.6 is 17.3 Å². The van der Waals surface area contributed by atoms with E-state index in [2.05, 4.69) is 14.2 Å². The molecule has 0 radical (unpaired) electrons. The molecule has 1 aromatic rings. The number of hydrogen-bond donors (Lipinski definition) is 2. The molecule has 0 spiro atoms. The SMILES string of the molecule is O=NC(OPO)(O[P+](=O)O)c1ccc([N+](=O)[O-])cc1. The van der Waals surface area contributed by atoms with Crippen molar-refractivity contribution in [1.29, 1.82) is 0 Å². The summed E-state index contributed by atoms with van der Waals surface area (Å²) in [4.78, 5) is 37.9. The Morgan fingerprint density at radius 2 is 2.00 bits per heavy atom. The van der Waals surface area contributed by atoms with Crippen molar-refractivity contribution in [2.45, 2.75) is 5.91 Å². The van der Waals surface area contributed by atoms with Crippen LogP contribution in [-0.4, -0.2) is 14.7 Å². The van der Waals surface area contributed by atoms with Gasteiger partial charge in [-0.25, -0.2) is 0 Å². The predicted molar refractivity (Wildman–Crippen MR) is 63.1 cm³/mol. The zero-order chi connectivity index (χ0) is 14.5. The van der Waals surface area contributed by atoms with Crippen LogP contribution in [-0.2, 0) is 19.5 Å². The Labute approximate surface area is 108 Å². The zero-order valence-corrected chi connectivity index (χ0v) is 10.9. The van der Waals surface area contributed by atoms with Gasteiger partial charge in [-0.3, -0.25) is 14.6 Å². The molecule has 1 aromatic carbocycles. The highest BCUT2D eigenvalue weighted by molar-refractivity contribution is 7.32. The topological polar surface area (TPSA) is 149 Å². The average molecular weight is 309 g/mol. The zero-order valence-electron chi connectivity index (χ0n) is 8.99. The molecule has 0 amide bonds. The van der Waals surface area contributed by atoms with Gasteiger partial charge >= 0.3 is 14.2 Å². The number of rotatable bonds is 7. The first-order chi connectivity index (χ1) is 8.95. The Balaban J connectivity index is 3.19. The van der Waals surface area contributed by atoms with Crippen molar-refractivity contribution in [1.82, 2.24) is 0 Å². The molecule has 19 heavy (non-hydrogen) atoms. The fourth-order valence-electron chi connectivity index (χ4n) is 1.18. The maximum Gasteiger partial charge on any atom is 0.700 e. The maximum atomic E-state index is 10.8. The lowest BCUT2D eigenvalue weighted by Gasteiger charge is -2.18. The molecule has 0 aliphatic rings. The molecule has 0 bridgehead atoms. The van der Waals surface area contributed by atoms with Gasteiger partial charge in [-0.2, -0.15) is 0 Å². The third-order valence-electron chi connectivity index (χ3n) is 1.95. The van der Waals surface area contributed by atoms with Gasteiger partial charge in [0.15, 0.2) is 9.03 Å². The summed E-state index contributed by atoms with van der Waals surface area (Å²) in [5.74, 6) is -2.54. The molecular weight excluding hydrogens is 302 g/mol. The molecule has 12 heteroatoms. The quantitative estimate of drug-likeness (QED) is 0.254. The summed E-state index contributed by atoms with van der Waals surface area (Å²) >= 11 is 0. The van der Waals surface area contributed by atoms with Crippen molar-refractivity contribution in [3.8, 4) is 0 Å². The van der Waals surface area contributed by atoms with Crippen molar-refractivity contribution in [3.05, 3.63) is 44.9 Å². The monoisotopic (exact) mass is 309 g/mol. The number of hydrogen-bond acceptors (Lipinski definition) is 8. The fraction of sp³-hybridized carbons (Fsp3) is 0.143. The molecule has 0 aliphatic heterocycles. The molecule has 3 unspecified atom stereocenters. The normalized spacial score (nSPS) is 15.2. The highest BCUT2D eigenvalue weighted by Gasteiger charge is 2.46. The van der Waals surface area contributed by atoms with Gasteiger partial charge in [0.2, 0.25) is 0 Å². The van der Waals surface area contributed by atoms with Crippen LogP contribution in [0.15, 0.2) is 29.4 Å². The first-order valence-corrected chi connectivity index (χ1v) is 6.45. The third-order valence-corrected chi connectivity index (χ3v) is 2.72. The second kappa shape index (κ2) is 6.67. The van der Waals surface area contributed by atoms with Crippen molar-refractivity contribution in [2.75, 3.05) is 0 Å². The maximum absolute atomic E-state index is 10.8.